The third kappa shape index (κ3) is 3.88. The molecule has 0 spiro atoms. The van der Waals surface area contributed by atoms with Gasteiger partial charge in [0.1, 0.15) is 5.52 Å². The smallest absolute Gasteiger partial charge is 0.236 e. The lowest BCUT2D eigenvalue weighted by molar-refractivity contribution is 1.00. The third-order valence-electron chi connectivity index (χ3n) is 13.1. The topological polar surface area (TPSA) is 62.3 Å². The Morgan fingerprint density at radius 2 is 0.869 bits per heavy atom. The molecule has 15 rings (SSSR count). The highest BCUT2D eigenvalue weighted by Crippen LogP contribution is 2.44. The zero-order valence-electron chi connectivity index (χ0n) is 32.4. The lowest BCUT2D eigenvalue weighted by Gasteiger charge is -2.08. The van der Waals surface area contributed by atoms with Crippen molar-refractivity contribution < 1.29 is 0 Å². The number of para-hydroxylation sites is 5. The Bertz CT molecular complexity index is 4330. The molecule has 0 unspecified atom stereocenters. The Morgan fingerprint density at radius 1 is 0.328 bits per heavy atom. The minimum atomic E-state index is 0.580. The van der Waals surface area contributed by atoms with E-state index in [1.807, 2.05) is 6.20 Å². The number of hydrogen-bond donors (Lipinski definition) is 0. The summed E-state index contributed by atoms with van der Waals surface area (Å²) in [6.45, 7) is 0. The molecule has 0 fully saturated rings. The molecular weight excluding hydrogens is 749 g/mol. The largest absolute Gasteiger partial charge is 0.309 e. The normalized spacial score (nSPS) is 12.6. The van der Waals surface area contributed by atoms with Crippen molar-refractivity contribution in [3.8, 4) is 17.3 Å². The van der Waals surface area contributed by atoms with Crippen LogP contribution < -0.4 is 0 Å². The highest BCUT2D eigenvalue weighted by atomic mass is 15.2. The number of benzene rings is 8. The van der Waals surface area contributed by atoms with Crippen LogP contribution in [0.25, 0.3) is 127 Å². The molecule has 0 saturated carbocycles. The summed E-state index contributed by atoms with van der Waals surface area (Å²) in [6.07, 6.45) is 1.97. The van der Waals surface area contributed by atoms with Crippen LogP contribution >= 0.6 is 0 Å². The molecule has 7 heterocycles. The maximum Gasteiger partial charge on any atom is 0.236 e. The minimum absolute atomic E-state index is 0.580. The lowest BCUT2D eigenvalue weighted by Crippen LogP contribution is -2.01. The van der Waals surface area contributed by atoms with Crippen LogP contribution in [0.1, 0.15) is 0 Å². The fourth-order valence-electron chi connectivity index (χ4n) is 10.7. The first-order valence-corrected chi connectivity index (χ1v) is 20.6. The van der Waals surface area contributed by atoms with Crippen molar-refractivity contribution in [2.45, 2.75) is 0 Å². The molecule has 7 aromatic heterocycles. The number of hydrogen-bond acceptors (Lipinski definition) is 3. The molecule has 282 valence electrons. The van der Waals surface area contributed by atoms with E-state index in [1.54, 1.807) is 0 Å². The zero-order valence-corrected chi connectivity index (χ0v) is 32.4. The Balaban J connectivity index is 1.07. The summed E-state index contributed by atoms with van der Waals surface area (Å²) in [5.41, 5.74) is 13.8. The fourth-order valence-corrected chi connectivity index (χ4v) is 10.7. The molecule has 8 heteroatoms. The second-order valence-corrected chi connectivity index (χ2v) is 16.1. The number of imidazole rings is 1. The first-order valence-electron chi connectivity index (χ1n) is 20.6. The summed E-state index contributed by atoms with van der Waals surface area (Å²) >= 11 is 0. The molecule has 0 amide bonds. The number of nitrogens with zero attached hydrogens (tertiary/aromatic N) is 8. The molecule has 0 radical (unpaired) electrons. The van der Waals surface area contributed by atoms with Crippen molar-refractivity contribution >= 4 is 110 Å². The van der Waals surface area contributed by atoms with Crippen molar-refractivity contribution in [3.63, 3.8) is 0 Å². The second-order valence-electron chi connectivity index (χ2n) is 16.1. The van der Waals surface area contributed by atoms with E-state index < -0.39 is 0 Å². The van der Waals surface area contributed by atoms with Gasteiger partial charge in [-0.1, -0.05) is 103 Å². The van der Waals surface area contributed by atoms with Crippen molar-refractivity contribution in [2.24, 2.45) is 0 Å². The van der Waals surface area contributed by atoms with Gasteiger partial charge in [0.05, 0.1) is 55.8 Å². The average molecular weight is 779 g/mol. The van der Waals surface area contributed by atoms with Crippen molar-refractivity contribution in [3.05, 3.63) is 182 Å². The Morgan fingerprint density at radius 3 is 1.57 bits per heavy atom. The minimum Gasteiger partial charge on any atom is -0.309 e. The van der Waals surface area contributed by atoms with E-state index in [9.17, 15) is 0 Å². The first kappa shape index (κ1) is 31.5. The molecule has 0 bridgehead atoms. The van der Waals surface area contributed by atoms with Crippen LogP contribution in [0.2, 0.25) is 0 Å². The molecule has 0 aliphatic heterocycles. The van der Waals surface area contributed by atoms with E-state index in [2.05, 4.69) is 198 Å². The monoisotopic (exact) mass is 778 g/mol. The van der Waals surface area contributed by atoms with E-state index in [-0.39, 0.29) is 0 Å². The van der Waals surface area contributed by atoms with Gasteiger partial charge in [0, 0.05) is 54.5 Å². The average Bonchev–Trinajstić information content (AvgIpc) is 4.09. The zero-order chi connectivity index (χ0) is 39.5. The molecule has 8 aromatic carbocycles. The predicted molar refractivity (Wildman–Crippen MR) is 248 cm³/mol. The van der Waals surface area contributed by atoms with Crippen molar-refractivity contribution in [1.29, 1.82) is 0 Å². The number of fused-ring (bicyclic) bond motifs is 14. The number of aromatic nitrogens is 8. The molecule has 0 aliphatic carbocycles. The van der Waals surface area contributed by atoms with Gasteiger partial charge in [-0.05, 0) is 72.8 Å². The van der Waals surface area contributed by atoms with Gasteiger partial charge in [0.15, 0.2) is 5.65 Å². The van der Waals surface area contributed by atoms with Gasteiger partial charge in [-0.3, -0.25) is 13.4 Å². The molecule has 61 heavy (non-hydrogen) atoms. The summed E-state index contributed by atoms with van der Waals surface area (Å²) in [5.74, 6) is 1.38. The van der Waals surface area contributed by atoms with Crippen LogP contribution in [0, 0.1) is 0 Å². The molecule has 0 atom stereocenters. The van der Waals surface area contributed by atoms with Crippen LogP contribution in [-0.4, -0.2) is 37.5 Å². The van der Waals surface area contributed by atoms with Crippen LogP contribution in [0.15, 0.2) is 182 Å². The Hall–Kier alpha value is -8.49. The standard InChI is InChI=1S/C53H30N8/c1-3-14-31(15-4-1)57-39-21-10-8-19-34(39)37-29-46-38(28-45(37)57)35-20-9-11-22-40(35)59(46)52-54-30-47-51(55-52)56-53-60(47)43-25-13-24-42-48(43)49-44(58(42)32-16-5-2-6-17-32)27-26-36-33-18-7-12-23-41(33)61(53)50(36)49/h1-30H. The van der Waals surface area contributed by atoms with E-state index in [1.165, 1.54) is 37.8 Å². The summed E-state index contributed by atoms with van der Waals surface area (Å²) < 4.78 is 11.6. The maximum atomic E-state index is 5.49. The summed E-state index contributed by atoms with van der Waals surface area (Å²) in [6, 6.07) is 63.1. The fraction of sp³-hybridized carbons (Fsp3) is 0. The Kier molecular flexibility index (Phi) is 5.76. The van der Waals surface area contributed by atoms with E-state index in [0.29, 0.717) is 11.6 Å². The van der Waals surface area contributed by atoms with Crippen molar-refractivity contribution in [1.82, 2.24) is 37.5 Å². The van der Waals surface area contributed by atoms with Gasteiger partial charge in [0.2, 0.25) is 11.7 Å². The van der Waals surface area contributed by atoms with E-state index in [0.717, 1.165) is 77.6 Å². The van der Waals surface area contributed by atoms with Gasteiger partial charge >= 0.3 is 0 Å². The second kappa shape index (κ2) is 11.2. The van der Waals surface area contributed by atoms with Gasteiger partial charge in [-0.15, -0.1) is 0 Å². The molecule has 8 nitrogen and oxygen atoms in total. The highest BCUT2D eigenvalue weighted by molar-refractivity contribution is 6.30. The predicted octanol–water partition coefficient (Wildman–Crippen LogP) is 12.6. The molecule has 15 aromatic rings. The van der Waals surface area contributed by atoms with Crippen LogP contribution in [-0.2, 0) is 0 Å². The van der Waals surface area contributed by atoms with E-state index >= 15 is 0 Å². The third-order valence-corrected chi connectivity index (χ3v) is 13.1. The maximum absolute atomic E-state index is 5.49. The van der Waals surface area contributed by atoms with Crippen LogP contribution in [0.5, 0.6) is 0 Å². The number of rotatable bonds is 3. The first-order chi connectivity index (χ1) is 30.3. The Labute approximate surface area is 345 Å². The summed E-state index contributed by atoms with van der Waals surface area (Å²) in [5, 5.41) is 9.44. The summed E-state index contributed by atoms with van der Waals surface area (Å²) in [7, 11) is 0. The van der Waals surface area contributed by atoms with Gasteiger partial charge in [0.25, 0.3) is 0 Å². The van der Waals surface area contributed by atoms with E-state index in [4.69, 9.17) is 15.0 Å². The molecule has 0 N–H and O–H groups in total. The van der Waals surface area contributed by atoms with Gasteiger partial charge in [-0.25, -0.2) is 4.98 Å². The quantitative estimate of drug-likeness (QED) is 0.179. The van der Waals surface area contributed by atoms with Gasteiger partial charge < -0.3 is 9.13 Å². The lowest BCUT2D eigenvalue weighted by atomic mass is 10.1. The highest BCUT2D eigenvalue weighted by Gasteiger charge is 2.26. The molecular formula is C53H30N8. The van der Waals surface area contributed by atoms with Crippen LogP contribution in [0.4, 0.5) is 0 Å². The van der Waals surface area contributed by atoms with Crippen molar-refractivity contribution in [2.75, 3.05) is 0 Å². The SMILES string of the molecule is c1ccc(-n2c3ccccc3c3cc4c(cc32)c2ccccc2n4-c2ncc3c(n2)nc2n3c3cccc4c3c3c(ccc5c6ccccc6n2c53)n4-c2ccccc2)cc1. The molecule has 0 saturated heterocycles. The van der Waals surface area contributed by atoms with Crippen LogP contribution in [0.3, 0.4) is 0 Å². The van der Waals surface area contributed by atoms with Gasteiger partial charge in [-0.2, -0.15) is 9.97 Å². The summed E-state index contributed by atoms with van der Waals surface area (Å²) in [4.78, 5) is 16.1. The molecule has 0 aliphatic rings.